The molecule has 6 heteroatoms. The summed E-state index contributed by atoms with van der Waals surface area (Å²) in [6.07, 6.45) is 2.10. The van der Waals surface area contributed by atoms with Crippen LogP contribution in [-0.2, 0) is 16.1 Å². The quantitative estimate of drug-likeness (QED) is 0.892. The molecule has 1 saturated heterocycles. The lowest BCUT2D eigenvalue weighted by Crippen LogP contribution is -2.44. The predicted molar refractivity (Wildman–Crippen MR) is 97.6 cm³/mol. The van der Waals surface area contributed by atoms with Crippen LogP contribution in [0.15, 0.2) is 30.3 Å². The number of hydrogen-bond donors (Lipinski definition) is 1. The summed E-state index contributed by atoms with van der Waals surface area (Å²) in [5.41, 5.74) is 0.613. The zero-order valence-corrected chi connectivity index (χ0v) is 15.8. The molecule has 0 radical (unpaired) electrons. The molecule has 1 N–H and O–H groups in total. The van der Waals surface area contributed by atoms with Crippen molar-refractivity contribution in [2.24, 2.45) is 5.41 Å². The van der Waals surface area contributed by atoms with Gasteiger partial charge in [-0.05, 0) is 51.0 Å². The third-order valence-corrected chi connectivity index (χ3v) is 5.11. The number of alkyl carbamates (subject to hydrolysis) is 1. The molecule has 1 saturated carbocycles. The highest BCUT2D eigenvalue weighted by molar-refractivity contribution is 5.69. The fraction of sp³-hybridized carbons (Fsp3) is 0.600. The van der Waals surface area contributed by atoms with Crippen molar-refractivity contribution >= 4 is 12.2 Å². The number of carbonyl (C=O) groups is 2. The SMILES string of the molecule is CC(C)(C)OC(=O)N1CCC2(CC1)C[C@H]2NC(=O)OCc1ccccc1. The second-order valence-electron chi connectivity index (χ2n) is 8.29. The van der Waals surface area contributed by atoms with Gasteiger partial charge in [0.2, 0.25) is 0 Å². The number of nitrogens with one attached hydrogen (secondary N) is 1. The van der Waals surface area contributed by atoms with E-state index in [1.54, 1.807) is 4.90 Å². The summed E-state index contributed by atoms with van der Waals surface area (Å²) in [4.78, 5) is 25.9. The largest absolute Gasteiger partial charge is 0.445 e. The molecule has 1 aromatic rings. The maximum atomic E-state index is 12.1. The zero-order valence-electron chi connectivity index (χ0n) is 15.8. The van der Waals surface area contributed by atoms with E-state index in [0.717, 1.165) is 24.8 Å². The molecule has 2 fully saturated rings. The molecule has 142 valence electrons. The van der Waals surface area contributed by atoms with Gasteiger partial charge in [-0.1, -0.05) is 30.3 Å². The molecule has 1 aliphatic carbocycles. The minimum absolute atomic E-state index is 0.115. The minimum atomic E-state index is -0.474. The fourth-order valence-electron chi connectivity index (χ4n) is 3.47. The highest BCUT2D eigenvalue weighted by Gasteiger charge is 2.56. The van der Waals surface area contributed by atoms with Crippen molar-refractivity contribution in [3.63, 3.8) is 0 Å². The van der Waals surface area contributed by atoms with Gasteiger partial charge in [-0.3, -0.25) is 0 Å². The summed E-state index contributed by atoms with van der Waals surface area (Å²) in [7, 11) is 0. The van der Waals surface area contributed by atoms with Gasteiger partial charge < -0.3 is 19.7 Å². The van der Waals surface area contributed by atoms with E-state index in [1.165, 1.54) is 0 Å². The highest BCUT2D eigenvalue weighted by atomic mass is 16.6. The Balaban J connectivity index is 1.40. The zero-order chi connectivity index (χ0) is 18.8. The van der Waals surface area contributed by atoms with Gasteiger partial charge in [-0.2, -0.15) is 0 Å². The van der Waals surface area contributed by atoms with Crippen LogP contribution in [0.2, 0.25) is 0 Å². The van der Waals surface area contributed by atoms with Gasteiger partial charge in [0.25, 0.3) is 0 Å². The van der Waals surface area contributed by atoms with Crippen molar-refractivity contribution in [1.82, 2.24) is 10.2 Å². The lowest BCUT2D eigenvalue weighted by Gasteiger charge is -2.34. The molecule has 1 heterocycles. The number of rotatable bonds is 3. The van der Waals surface area contributed by atoms with Crippen molar-refractivity contribution in [1.29, 1.82) is 0 Å². The predicted octanol–water partition coefficient (Wildman–Crippen LogP) is 3.70. The Morgan fingerprint density at radius 2 is 1.85 bits per heavy atom. The van der Waals surface area contributed by atoms with Gasteiger partial charge in [-0.15, -0.1) is 0 Å². The summed E-state index contributed by atoms with van der Waals surface area (Å²) in [5.74, 6) is 0. The van der Waals surface area contributed by atoms with Crippen LogP contribution in [0.3, 0.4) is 0 Å². The Labute approximate surface area is 154 Å². The molecule has 1 aliphatic heterocycles. The number of carbonyl (C=O) groups excluding carboxylic acids is 2. The maximum absolute atomic E-state index is 12.1. The molecule has 0 aromatic heterocycles. The maximum Gasteiger partial charge on any atom is 0.410 e. The van der Waals surface area contributed by atoms with E-state index in [0.29, 0.717) is 13.1 Å². The average Bonchev–Trinajstić information content (AvgIpc) is 3.24. The molecule has 2 aliphatic rings. The Morgan fingerprint density at radius 1 is 1.19 bits per heavy atom. The molecule has 3 rings (SSSR count). The van der Waals surface area contributed by atoms with E-state index in [4.69, 9.17) is 9.47 Å². The normalized spacial score (nSPS) is 21.2. The van der Waals surface area contributed by atoms with Crippen LogP contribution in [0, 0.1) is 5.41 Å². The molecule has 26 heavy (non-hydrogen) atoms. The van der Waals surface area contributed by atoms with E-state index in [9.17, 15) is 9.59 Å². The molecular formula is C20H28N2O4. The lowest BCUT2D eigenvalue weighted by atomic mass is 9.93. The van der Waals surface area contributed by atoms with Crippen molar-refractivity contribution < 1.29 is 19.1 Å². The third kappa shape index (κ3) is 4.68. The average molecular weight is 360 g/mol. The van der Waals surface area contributed by atoms with Crippen LogP contribution in [0.1, 0.15) is 45.6 Å². The van der Waals surface area contributed by atoms with Crippen molar-refractivity contribution in [2.75, 3.05) is 13.1 Å². The molecule has 1 aromatic carbocycles. The van der Waals surface area contributed by atoms with Gasteiger partial charge in [0, 0.05) is 19.1 Å². The lowest BCUT2D eigenvalue weighted by molar-refractivity contribution is 0.0167. The Hall–Kier alpha value is -2.24. The second kappa shape index (κ2) is 7.17. The monoisotopic (exact) mass is 360 g/mol. The summed E-state index contributed by atoms with van der Waals surface area (Å²) in [6, 6.07) is 9.78. The van der Waals surface area contributed by atoms with Crippen LogP contribution in [-0.4, -0.2) is 41.8 Å². The van der Waals surface area contributed by atoms with E-state index in [1.807, 2.05) is 51.1 Å². The van der Waals surface area contributed by atoms with Gasteiger partial charge in [-0.25, -0.2) is 9.59 Å². The molecule has 0 unspecified atom stereocenters. The first-order valence-corrected chi connectivity index (χ1v) is 9.23. The minimum Gasteiger partial charge on any atom is -0.445 e. The number of benzene rings is 1. The summed E-state index contributed by atoms with van der Waals surface area (Å²) in [5, 5.41) is 2.97. The van der Waals surface area contributed by atoms with Gasteiger partial charge in [0.1, 0.15) is 12.2 Å². The van der Waals surface area contributed by atoms with Crippen LogP contribution in [0.25, 0.3) is 0 Å². The second-order valence-corrected chi connectivity index (χ2v) is 8.29. The van der Waals surface area contributed by atoms with Crippen LogP contribution < -0.4 is 5.32 Å². The summed E-state index contributed by atoms with van der Waals surface area (Å²) >= 11 is 0. The molecular weight excluding hydrogens is 332 g/mol. The standard InChI is InChI=1S/C20H28N2O4/c1-19(2,3)26-18(24)22-11-9-20(10-12-22)13-16(20)21-17(23)25-14-15-7-5-4-6-8-15/h4-8,16H,9-14H2,1-3H3,(H,21,23)/t16-/m1/s1. The Bertz CT molecular complexity index is 646. The first kappa shape index (κ1) is 18.5. The van der Waals surface area contributed by atoms with E-state index in [2.05, 4.69) is 5.32 Å². The number of nitrogens with zero attached hydrogens (tertiary/aromatic N) is 1. The van der Waals surface area contributed by atoms with Gasteiger partial charge in [0.15, 0.2) is 0 Å². The van der Waals surface area contributed by atoms with E-state index >= 15 is 0 Å². The number of piperidine rings is 1. The molecule has 2 amide bonds. The number of hydrogen-bond acceptors (Lipinski definition) is 4. The molecule has 1 atom stereocenters. The molecule has 1 spiro atoms. The summed E-state index contributed by atoms with van der Waals surface area (Å²) < 4.78 is 10.7. The smallest absolute Gasteiger partial charge is 0.410 e. The first-order valence-electron chi connectivity index (χ1n) is 9.23. The van der Waals surface area contributed by atoms with Crippen LogP contribution >= 0.6 is 0 Å². The number of amides is 2. The molecule has 0 bridgehead atoms. The van der Waals surface area contributed by atoms with E-state index in [-0.39, 0.29) is 30.3 Å². The van der Waals surface area contributed by atoms with E-state index < -0.39 is 5.60 Å². The fourth-order valence-corrected chi connectivity index (χ4v) is 3.47. The van der Waals surface area contributed by atoms with Crippen molar-refractivity contribution in [3.05, 3.63) is 35.9 Å². The van der Waals surface area contributed by atoms with Crippen LogP contribution in [0.5, 0.6) is 0 Å². The number of likely N-dealkylation sites (tertiary alicyclic amines) is 1. The third-order valence-electron chi connectivity index (χ3n) is 5.11. The van der Waals surface area contributed by atoms with Gasteiger partial charge >= 0.3 is 12.2 Å². The van der Waals surface area contributed by atoms with Crippen molar-refractivity contribution in [3.8, 4) is 0 Å². The summed E-state index contributed by atoms with van der Waals surface area (Å²) in [6.45, 7) is 7.24. The first-order chi connectivity index (χ1) is 12.3. The van der Waals surface area contributed by atoms with Gasteiger partial charge in [0.05, 0.1) is 0 Å². The Kier molecular flexibility index (Phi) is 5.12. The Morgan fingerprint density at radius 3 is 2.46 bits per heavy atom. The molecule has 6 nitrogen and oxygen atoms in total. The topological polar surface area (TPSA) is 67.9 Å². The van der Waals surface area contributed by atoms with Crippen molar-refractivity contribution in [2.45, 2.75) is 58.3 Å². The number of ether oxygens (including phenoxy) is 2. The highest BCUT2D eigenvalue weighted by Crippen LogP contribution is 2.54. The van der Waals surface area contributed by atoms with Crippen LogP contribution in [0.4, 0.5) is 9.59 Å².